The Kier molecular flexibility index (Phi) is 3.18. The summed E-state index contributed by atoms with van der Waals surface area (Å²) in [6.45, 7) is 0. The van der Waals surface area contributed by atoms with Gasteiger partial charge in [-0.1, -0.05) is 11.8 Å². The van der Waals surface area contributed by atoms with Gasteiger partial charge in [-0.3, -0.25) is 10.1 Å². The summed E-state index contributed by atoms with van der Waals surface area (Å²) in [5, 5.41) is 8.15. The molecule has 0 spiro atoms. The smallest absolute Gasteiger partial charge is 0.290 e. The van der Waals surface area contributed by atoms with Crippen molar-refractivity contribution in [2.75, 3.05) is 11.6 Å². The predicted molar refractivity (Wildman–Crippen MR) is 42.8 cm³/mol. The van der Waals surface area contributed by atoms with Gasteiger partial charge in [0.25, 0.3) is 5.91 Å². The van der Waals surface area contributed by atoms with Crippen LogP contribution >= 0.6 is 11.8 Å². The molecule has 1 amide bonds. The average molecular weight is 208 g/mol. The zero-order valence-corrected chi connectivity index (χ0v) is 7.36. The molecular formula is C5H6F2N4OS. The first-order valence-corrected chi connectivity index (χ1v) is 4.41. The lowest BCUT2D eigenvalue weighted by molar-refractivity contribution is -0.126. The van der Waals surface area contributed by atoms with Crippen LogP contribution in [-0.2, 0) is 4.79 Å². The fraction of sp³-hybridized carbons (Fsp3) is 0.400. The molecule has 2 N–H and O–H groups in total. The van der Waals surface area contributed by atoms with Gasteiger partial charge < -0.3 is 0 Å². The van der Waals surface area contributed by atoms with Gasteiger partial charge in [0.05, 0.1) is 0 Å². The van der Waals surface area contributed by atoms with Crippen molar-refractivity contribution < 1.29 is 13.6 Å². The molecule has 0 fully saturated rings. The molecule has 8 heteroatoms. The minimum atomic E-state index is -3.05. The Morgan fingerprint density at radius 2 is 2.38 bits per heavy atom. The van der Waals surface area contributed by atoms with Gasteiger partial charge in [-0.05, 0) is 6.26 Å². The van der Waals surface area contributed by atoms with Gasteiger partial charge in [0.15, 0.2) is 0 Å². The van der Waals surface area contributed by atoms with Crippen molar-refractivity contribution in [2.45, 2.75) is 11.6 Å². The fourth-order valence-electron chi connectivity index (χ4n) is 0.565. The highest BCUT2D eigenvalue weighted by Crippen LogP contribution is 2.09. The van der Waals surface area contributed by atoms with E-state index in [1.54, 1.807) is 6.26 Å². The van der Waals surface area contributed by atoms with E-state index in [4.69, 9.17) is 0 Å². The minimum absolute atomic E-state index is 0.0744. The lowest BCUT2D eigenvalue weighted by Gasteiger charge is -1.97. The molecule has 0 bridgehead atoms. The quantitative estimate of drug-likeness (QED) is 0.718. The molecule has 1 rings (SSSR count). The number of halogens is 2. The number of nitrogens with zero attached hydrogens (tertiary/aromatic N) is 2. The summed E-state index contributed by atoms with van der Waals surface area (Å²) >= 11 is 1.23. The molecule has 0 saturated heterocycles. The van der Waals surface area contributed by atoms with Gasteiger partial charge in [-0.25, -0.2) is 5.10 Å². The number of aromatic nitrogens is 3. The van der Waals surface area contributed by atoms with Crippen molar-refractivity contribution in [1.82, 2.24) is 15.2 Å². The van der Waals surface area contributed by atoms with Gasteiger partial charge in [-0.2, -0.15) is 13.8 Å². The van der Waals surface area contributed by atoms with Crippen molar-refractivity contribution in [1.29, 1.82) is 0 Å². The van der Waals surface area contributed by atoms with Crippen LogP contribution in [0.3, 0.4) is 0 Å². The van der Waals surface area contributed by atoms with Crippen molar-refractivity contribution in [3.05, 3.63) is 0 Å². The number of hydrogen-bond acceptors (Lipinski definition) is 4. The van der Waals surface area contributed by atoms with Crippen molar-refractivity contribution in [3.63, 3.8) is 0 Å². The van der Waals surface area contributed by atoms with E-state index in [-0.39, 0.29) is 5.95 Å². The average Bonchev–Trinajstić information content (AvgIpc) is 2.52. The Morgan fingerprint density at radius 3 is 2.85 bits per heavy atom. The highest BCUT2D eigenvalue weighted by Gasteiger charge is 2.16. The number of alkyl halides is 2. The third-order valence-corrected chi connectivity index (χ3v) is 1.63. The van der Waals surface area contributed by atoms with Crippen molar-refractivity contribution in [2.24, 2.45) is 0 Å². The second kappa shape index (κ2) is 4.17. The molecule has 0 unspecified atom stereocenters. The van der Waals surface area contributed by atoms with E-state index in [1.165, 1.54) is 11.8 Å². The molecule has 0 aliphatic heterocycles. The van der Waals surface area contributed by atoms with Gasteiger partial charge >= 0.3 is 6.43 Å². The molecule has 0 atom stereocenters. The van der Waals surface area contributed by atoms with Crippen molar-refractivity contribution in [3.8, 4) is 0 Å². The Morgan fingerprint density at radius 1 is 1.69 bits per heavy atom. The molecule has 72 valence electrons. The third-order valence-electron chi connectivity index (χ3n) is 1.09. The van der Waals surface area contributed by atoms with Gasteiger partial charge in [-0.15, -0.1) is 5.10 Å². The number of anilines is 1. The molecule has 1 heterocycles. The summed E-state index contributed by atoms with van der Waals surface area (Å²) in [5.74, 6) is -1.47. The molecule has 13 heavy (non-hydrogen) atoms. The van der Waals surface area contributed by atoms with Crippen LogP contribution in [0.1, 0.15) is 0 Å². The molecule has 1 aromatic rings. The molecule has 5 nitrogen and oxygen atoms in total. The van der Waals surface area contributed by atoms with E-state index >= 15 is 0 Å². The van der Waals surface area contributed by atoms with Gasteiger partial charge in [0, 0.05) is 0 Å². The Hall–Kier alpha value is -1.18. The number of aromatic amines is 1. The normalized spacial score (nSPS) is 10.5. The van der Waals surface area contributed by atoms with E-state index in [0.717, 1.165) is 0 Å². The van der Waals surface area contributed by atoms with Crippen molar-refractivity contribution >= 4 is 23.6 Å². The Bertz CT molecular complexity index is 302. The number of nitrogens with one attached hydrogen (secondary N) is 2. The number of hydrogen-bond donors (Lipinski definition) is 2. The lowest BCUT2D eigenvalue weighted by Crippen LogP contribution is -2.20. The van der Waals surface area contributed by atoms with Crippen LogP contribution in [0.2, 0.25) is 0 Å². The maximum Gasteiger partial charge on any atom is 0.315 e. The monoisotopic (exact) mass is 208 g/mol. The molecule has 0 aliphatic rings. The van der Waals surface area contributed by atoms with Crippen LogP contribution in [0.25, 0.3) is 0 Å². The highest BCUT2D eigenvalue weighted by molar-refractivity contribution is 7.98. The van der Waals surface area contributed by atoms with Gasteiger partial charge in [0.1, 0.15) is 0 Å². The van der Waals surface area contributed by atoms with E-state index in [1.807, 2.05) is 5.32 Å². The van der Waals surface area contributed by atoms with E-state index < -0.39 is 12.3 Å². The number of thioether (sulfide) groups is 1. The first-order valence-electron chi connectivity index (χ1n) is 3.19. The molecule has 1 aromatic heterocycles. The highest BCUT2D eigenvalue weighted by atomic mass is 32.2. The Balaban J connectivity index is 2.59. The van der Waals surface area contributed by atoms with Crippen LogP contribution < -0.4 is 5.32 Å². The van der Waals surface area contributed by atoms with Crippen LogP contribution in [0.5, 0.6) is 0 Å². The predicted octanol–water partition coefficient (Wildman–Crippen LogP) is 0.730. The zero-order chi connectivity index (χ0) is 9.84. The fourth-order valence-corrected chi connectivity index (χ4v) is 0.884. The number of H-pyrrole nitrogens is 1. The molecule has 0 radical (unpaired) electrons. The number of rotatable bonds is 3. The second-order valence-corrected chi connectivity index (χ2v) is 2.73. The molecule has 0 aliphatic carbocycles. The third kappa shape index (κ3) is 2.65. The standard InChI is InChI=1S/C5H6F2N4OS/c1-13-5-9-4(10-11-5)8-3(12)2(6)7/h2H,1H3,(H2,8,9,10,11,12). The maximum absolute atomic E-state index is 11.7. The zero-order valence-electron chi connectivity index (χ0n) is 6.54. The summed E-state index contributed by atoms with van der Waals surface area (Å²) in [4.78, 5) is 14.1. The summed E-state index contributed by atoms with van der Waals surface area (Å²) in [7, 11) is 0. The summed E-state index contributed by atoms with van der Waals surface area (Å²) in [6.07, 6.45) is -1.33. The summed E-state index contributed by atoms with van der Waals surface area (Å²) < 4.78 is 23.4. The molecular weight excluding hydrogens is 202 g/mol. The second-order valence-electron chi connectivity index (χ2n) is 1.96. The first kappa shape index (κ1) is 9.90. The van der Waals surface area contributed by atoms with E-state index in [0.29, 0.717) is 5.16 Å². The van der Waals surface area contributed by atoms with Crippen LogP contribution in [0.4, 0.5) is 14.7 Å². The maximum atomic E-state index is 11.7. The summed E-state index contributed by atoms with van der Waals surface area (Å²) in [5.41, 5.74) is 0. The summed E-state index contributed by atoms with van der Waals surface area (Å²) in [6, 6.07) is 0. The van der Waals surface area contributed by atoms with Crippen LogP contribution in [0, 0.1) is 0 Å². The van der Waals surface area contributed by atoms with Gasteiger partial charge in [0.2, 0.25) is 11.1 Å². The van der Waals surface area contributed by atoms with Crippen LogP contribution in [-0.4, -0.2) is 33.8 Å². The molecule has 0 saturated carbocycles. The minimum Gasteiger partial charge on any atom is -0.290 e. The number of carbonyl (C=O) groups is 1. The Labute approximate surface area is 76.3 Å². The topological polar surface area (TPSA) is 70.7 Å². The van der Waals surface area contributed by atoms with E-state index in [9.17, 15) is 13.6 Å². The largest absolute Gasteiger partial charge is 0.315 e. The van der Waals surface area contributed by atoms with Crippen LogP contribution in [0.15, 0.2) is 5.16 Å². The lowest BCUT2D eigenvalue weighted by atomic mass is 10.6. The first-order chi connectivity index (χ1) is 6.13. The number of carbonyl (C=O) groups excluding carboxylic acids is 1. The number of amides is 1. The SMILES string of the molecule is CSc1n[nH]c(NC(=O)C(F)F)n1. The van der Waals surface area contributed by atoms with E-state index in [2.05, 4.69) is 15.2 Å². The molecule has 0 aromatic carbocycles.